The van der Waals surface area contributed by atoms with Crippen LogP contribution in [-0.4, -0.2) is 44.0 Å². The van der Waals surface area contributed by atoms with Gasteiger partial charge >= 0.3 is 0 Å². The van der Waals surface area contributed by atoms with E-state index in [1.807, 2.05) is 45.3 Å². The second kappa shape index (κ2) is 7.13. The summed E-state index contributed by atoms with van der Waals surface area (Å²) in [6, 6.07) is 7.75. The van der Waals surface area contributed by atoms with Crippen LogP contribution in [0.2, 0.25) is 0 Å². The Hall–Kier alpha value is -1.39. The quantitative estimate of drug-likeness (QED) is 0.786. The highest BCUT2D eigenvalue weighted by Gasteiger charge is 2.13. The molecule has 1 atom stereocenters. The molecule has 0 aliphatic rings. The molecule has 3 N–H and O–H groups in total. The van der Waals surface area contributed by atoms with Crippen molar-refractivity contribution in [1.82, 2.24) is 10.2 Å². The van der Waals surface area contributed by atoms with Gasteiger partial charge in [-0.2, -0.15) is 0 Å². The molecular formula is C14H23N3O. The summed E-state index contributed by atoms with van der Waals surface area (Å²) < 4.78 is 0. The first-order valence-corrected chi connectivity index (χ1v) is 6.28. The number of nitrogens with one attached hydrogen (secondary N) is 1. The van der Waals surface area contributed by atoms with Crippen molar-refractivity contribution in [2.24, 2.45) is 5.73 Å². The third kappa shape index (κ3) is 4.47. The van der Waals surface area contributed by atoms with E-state index in [2.05, 4.69) is 10.2 Å². The number of hydrogen-bond donors (Lipinski definition) is 2. The lowest BCUT2D eigenvalue weighted by Crippen LogP contribution is -2.39. The van der Waals surface area contributed by atoms with Gasteiger partial charge in [-0.05, 0) is 45.6 Å². The van der Waals surface area contributed by atoms with Gasteiger partial charge in [-0.3, -0.25) is 4.79 Å². The summed E-state index contributed by atoms with van der Waals surface area (Å²) in [6.07, 6.45) is 0.728. The number of rotatable bonds is 6. The molecule has 0 bridgehead atoms. The van der Waals surface area contributed by atoms with Gasteiger partial charge in [-0.1, -0.05) is 18.2 Å². The topological polar surface area (TPSA) is 58.4 Å². The largest absolute Gasteiger partial charge is 0.348 e. The van der Waals surface area contributed by atoms with Crippen molar-refractivity contribution in [2.45, 2.75) is 19.4 Å². The fraction of sp³-hybridized carbons (Fsp3) is 0.500. The molecule has 0 aliphatic heterocycles. The van der Waals surface area contributed by atoms with Crippen molar-refractivity contribution in [3.8, 4) is 0 Å². The zero-order valence-electron chi connectivity index (χ0n) is 11.4. The molecule has 0 saturated heterocycles. The normalized spacial score (nSPS) is 12.5. The molecule has 0 fully saturated rings. The number of carbonyl (C=O) groups excluding carboxylic acids is 1. The van der Waals surface area contributed by atoms with E-state index >= 15 is 0 Å². The fourth-order valence-electron chi connectivity index (χ4n) is 2.01. The highest BCUT2D eigenvalue weighted by atomic mass is 16.1. The van der Waals surface area contributed by atoms with E-state index in [4.69, 9.17) is 5.73 Å². The highest BCUT2D eigenvalue weighted by molar-refractivity contribution is 5.95. The maximum atomic E-state index is 12.2. The fourth-order valence-corrected chi connectivity index (χ4v) is 2.01. The standard InChI is InChI=1S/C14H23N3O/c1-11(10-17(2)3)16-14(18)13-7-5-4-6-12(13)8-9-15/h4-7,11H,8-10,15H2,1-3H3,(H,16,18). The van der Waals surface area contributed by atoms with Crippen LogP contribution in [0.3, 0.4) is 0 Å². The second-order valence-corrected chi connectivity index (χ2v) is 4.83. The van der Waals surface area contributed by atoms with Crippen LogP contribution in [0.5, 0.6) is 0 Å². The maximum absolute atomic E-state index is 12.2. The first kappa shape index (κ1) is 14.7. The number of nitrogens with two attached hydrogens (primary N) is 1. The van der Waals surface area contributed by atoms with Crippen LogP contribution in [0.15, 0.2) is 24.3 Å². The van der Waals surface area contributed by atoms with Crippen molar-refractivity contribution < 1.29 is 4.79 Å². The maximum Gasteiger partial charge on any atom is 0.251 e. The lowest BCUT2D eigenvalue weighted by Gasteiger charge is -2.19. The van der Waals surface area contributed by atoms with Gasteiger partial charge in [0, 0.05) is 18.2 Å². The average Bonchev–Trinajstić information content (AvgIpc) is 2.28. The molecule has 1 amide bonds. The molecular weight excluding hydrogens is 226 g/mol. The lowest BCUT2D eigenvalue weighted by atomic mass is 10.0. The molecule has 4 heteroatoms. The summed E-state index contributed by atoms with van der Waals surface area (Å²) in [6.45, 7) is 3.38. The average molecular weight is 249 g/mol. The Labute approximate surface area is 109 Å². The Bertz CT molecular complexity index is 390. The van der Waals surface area contributed by atoms with Crippen LogP contribution < -0.4 is 11.1 Å². The predicted molar refractivity (Wildman–Crippen MR) is 74.7 cm³/mol. The van der Waals surface area contributed by atoms with E-state index in [9.17, 15) is 4.79 Å². The Morgan fingerprint density at radius 2 is 2.06 bits per heavy atom. The number of likely N-dealkylation sites (N-methyl/N-ethyl adjacent to an activating group) is 1. The minimum Gasteiger partial charge on any atom is -0.348 e. The molecule has 1 unspecified atom stereocenters. The number of carbonyl (C=O) groups is 1. The van der Waals surface area contributed by atoms with Gasteiger partial charge in [0.25, 0.3) is 5.91 Å². The van der Waals surface area contributed by atoms with E-state index < -0.39 is 0 Å². The summed E-state index contributed by atoms with van der Waals surface area (Å²) in [5.41, 5.74) is 7.30. The molecule has 1 aromatic rings. The lowest BCUT2D eigenvalue weighted by molar-refractivity contribution is 0.0933. The number of amides is 1. The van der Waals surface area contributed by atoms with Crippen LogP contribution >= 0.6 is 0 Å². The number of benzene rings is 1. The Morgan fingerprint density at radius 1 is 1.39 bits per heavy atom. The third-order valence-electron chi connectivity index (χ3n) is 2.69. The zero-order valence-corrected chi connectivity index (χ0v) is 11.4. The van der Waals surface area contributed by atoms with Crippen LogP contribution in [-0.2, 0) is 6.42 Å². The number of nitrogens with zero attached hydrogens (tertiary/aromatic N) is 1. The van der Waals surface area contributed by atoms with E-state index in [0.717, 1.165) is 24.1 Å². The minimum absolute atomic E-state index is 0.0200. The monoisotopic (exact) mass is 249 g/mol. The Morgan fingerprint density at radius 3 is 2.67 bits per heavy atom. The summed E-state index contributed by atoms with van der Waals surface area (Å²) in [5.74, 6) is -0.0200. The molecule has 100 valence electrons. The molecule has 0 saturated carbocycles. The first-order valence-electron chi connectivity index (χ1n) is 6.28. The summed E-state index contributed by atoms with van der Waals surface area (Å²) in [7, 11) is 3.98. The van der Waals surface area contributed by atoms with Gasteiger partial charge < -0.3 is 16.0 Å². The van der Waals surface area contributed by atoms with Gasteiger partial charge in [-0.25, -0.2) is 0 Å². The second-order valence-electron chi connectivity index (χ2n) is 4.83. The predicted octanol–water partition coefficient (Wildman–Crippen LogP) is 0.868. The third-order valence-corrected chi connectivity index (χ3v) is 2.69. The highest BCUT2D eigenvalue weighted by Crippen LogP contribution is 2.09. The van der Waals surface area contributed by atoms with E-state index in [-0.39, 0.29) is 11.9 Å². The van der Waals surface area contributed by atoms with Gasteiger partial charge in [0.05, 0.1) is 0 Å². The van der Waals surface area contributed by atoms with Gasteiger partial charge in [0.1, 0.15) is 0 Å². The van der Waals surface area contributed by atoms with Crippen LogP contribution in [0.4, 0.5) is 0 Å². The molecule has 4 nitrogen and oxygen atoms in total. The van der Waals surface area contributed by atoms with Crippen LogP contribution in [0, 0.1) is 0 Å². The first-order chi connectivity index (χ1) is 8.54. The van der Waals surface area contributed by atoms with E-state index in [1.54, 1.807) is 0 Å². The smallest absolute Gasteiger partial charge is 0.251 e. The Kier molecular flexibility index (Phi) is 5.82. The molecule has 1 aromatic carbocycles. The van der Waals surface area contributed by atoms with E-state index in [0.29, 0.717) is 6.54 Å². The van der Waals surface area contributed by atoms with Crippen LogP contribution in [0.25, 0.3) is 0 Å². The van der Waals surface area contributed by atoms with Gasteiger partial charge in [0.2, 0.25) is 0 Å². The van der Waals surface area contributed by atoms with Crippen molar-refractivity contribution in [1.29, 1.82) is 0 Å². The SMILES string of the molecule is CC(CN(C)C)NC(=O)c1ccccc1CCN. The van der Waals surface area contributed by atoms with Crippen molar-refractivity contribution in [3.05, 3.63) is 35.4 Å². The van der Waals surface area contributed by atoms with Gasteiger partial charge in [-0.15, -0.1) is 0 Å². The molecule has 0 radical (unpaired) electrons. The zero-order chi connectivity index (χ0) is 13.5. The van der Waals surface area contributed by atoms with Crippen molar-refractivity contribution >= 4 is 5.91 Å². The molecule has 0 heterocycles. The van der Waals surface area contributed by atoms with Crippen LogP contribution in [0.1, 0.15) is 22.8 Å². The molecule has 18 heavy (non-hydrogen) atoms. The molecule has 0 spiro atoms. The van der Waals surface area contributed by atoms with Crippen molar-refractivity contribution in [3.63, 3.8) is 0 Å². The van der Waals surface area contributed by atoms with E-state index in [1.165, 1.54) is 0 Å². The van der Waals surface area contributed by atoms with Gasteiger partial charge in [0.15, 0.2) is 0 Å². The molecule has 0 aromatic heterocycles. The molecule has 1 rings (SSSR count). The number of hydrogen-bond acceptors (Lipinski definition) is 3. The Balaban J connectivity index is 2.71. The summed E-state index contributed by atoms with van der Waals surface area (Å²) in [5, 5.41) is 3.00. The summed E-state index contributed by atoms with van der Waals surface area (Å²) in [4.78, 5) is 14.2. The van der Waals surface area contributed by atoms with Crippen molar-refractivity contribution in [2.75, 3.05) is 27.2 Å². The summed E-state index contributed by atoms with van der Waals surface area (Å²) >= 11 is 0. The molecule has 0 aliphatic carbocycles. The minimum atomic E-state index is -0.0200.